The van der Waals surface area contributed by atoms with E-state index in [1.807, 2.05) is 30.0 Å². The van der Waals surface area contributed by atoms with Gasteiger partial charge in [0.05, 0.1) is 6.10 Å². The largest absolute Gasteiger partial charge is 0.390 e. The molecule has 112 valence electrons. The van der Waals surface area contributed by atoms with Crippen molar-refractivity contribution in [2.75, 3.05) is 18.8 Å². The van der Waals surface area contributed by atoms with E-state index in [9.17, 15) is 5.11 Å². The van der Waals surface area contributed by atoms with Gasteiger partial charge in [-0.05, 0) is 18.9 Å². The number of β-amino-alcohol motifs (C(OH)–C–C–N with tert-alkyl or cyclic N) is 1. The van der Waals surface area contributed by atoms with Crippen LogP contribution in [0.25, 0.3) is 0 Å². The molecular formula is C16H26N2OS. The number of nitrogens with zero attached hydrogens (tertiary/aromatic N) is 1. The zero-order chi connectivity index (χ0) is 14.5. The molecule has 0 aromatic heterocycles. The van der Waals surface area contributed by atoms with Crippen LogP contribution >= 0.6 is 11.8 Å². The van der Waals surface area contributed by atoms with E-state index in [0.29, 0.717) is 17.8 Å². The second-order valence-electron chi connectivity index (χ2n) is 5.73. The zero-order valence-electron chi connectivity index (χ0n) is 12.4. The molecule has 0 spiro atoms. The Balaban J connectivity index is 1.86. The van der Waals surface area contributed by atoms with Gasteiger partial charge in [0.2, 0.25) is 0 Å². The predicted octanol–water partition coefficient (Wildman–Crippen LogP) is 1.74. The molecule has 4 atom stereocenters. The summed E-state index contributed by atoms with van der Waals surface area (Å²) < 4.78 is 0. The molecule has 0 aliphatic carbocycles. The second-order valence-corrected chi connectivity index (χ2v) is 7.22. The lowest BCUT2D eigenvalue weighted by Crippen LogP contribution is -2.51. The number of rotatable bonds is 5. The van der Waals surface area contributed by atoms with Crippen molar-refractivity contribution in [1.82, 2.24) is 4.90 Å². The molecule has 4 unspecified atom stereocenters. The van der Waals surface area contributed by atoms with E-state index >= 15 is 0 Å². The molecule has 1 aromatic carbocycles. The van der Waals surface area contributed by atoms with Crippen molar-refractivity contribution in [1.29, 1.82) is 0 Å². The van der Waals surface area contributed by atoms with Crippen molar-refractivity contribution in [2.24, 2.45) is 5.73 Å². The van der Waals surface area contributed by atoms with Gasteiger partial charge in [0.15, 0.2) is 0 Å². The highest BCUT2D eigenvalue weighted by Crippen LogP contribution is 2.24. The van der Waals surface area contributed by atoms with Crippen molar-refractivity contribution in [3.63, 3.8) is 0 Å². The van der Waals surface area contributed by atoms with E-state index in [1.54, 1.807) is 0 Å². The van der Waals surface area contributed by atoms with Crippen LogP contribution in [0, 0.1) is 0 Å². The Hall–Kier alpha value is -0.550. The van der Waals surface area contributed by atoms with Gasteiger partial charge >= 0.3 is 0 Å². The first-order valence-electron chi connectivity index (χ1n) is 7.41. The van der Waals surface area contributed by atoms with Gasteiger partial charge in [-0.15, -0.1) is 0 Å². The number of hydrogen-bond donors (Lipinski definition) is 2. The minimum Gasteiger partial charge on any atom is -0.390 e. The fourth-order valence-electron chi connectivity index (χ4n) is 2.65. The normalized spacial score (nSPS) is 27.2. The quantitative estimate of drug-likeness (QED) is 0.868. The Morgan fingerprint density at radius 3 is 2.75 bits per heavy atom. The minimum absolute atomic E-state index is 0.200. The van der Waals surface area contributed by atoms with Gasteiger partial charge in [0.25, 0.3) is 0 Å². The molecule has 1 aromatic rings. The van der Waals surface area contributed by atoms with Crippen LogP contribution in [0.5, 0.6) is 0 Å². The number of nitrogens with two attached hydrogens (primary N) is 1. The summed E-state index contributed by atoms with van der Waals surface area (Å²) in [4.78, 5) is 2.37. The van der Waals surface area contributed by atoms with E-state index in [4.69, 9.17) is 5.73 Å². The molecule has 3 N–H and O–H groups in total. The van der Waals surface area contributed by atoms with Crippen LogP contribution in [0.3, 0.4) is 0 Å². The van der Waals surface area contributed by atoms with E-state index in [0.717, 1.165) is 18.7 Å². The molecule has 1 aliphatic heterocycles. The van der Waals surface area contributed by atoms with Crippen LogP contribution in [-0.2, 0) is 6.42 Å². The monoisotopic (exact) mass is 294 g/mol. The Kier molecular flexibility index (Phi) is 5.90. The van der Waals surface area contributed by atoms with Gasteiger partial charge in [-0.2, -0.15) is 11.8 Å². The van der Waals surface area contributed by atoms with Gasteiger partial charge in [-0.25, -0.2) is 0 Å². The fourth-order valence-corrected chi connectivity index (χ4v) is 3.81. The molecule has 0 bridgehead atoms. The third kappa shape index (κ3) is 4.22. The van der Waals surface area contributed by atoms with Crippen molar-refractivity contribution in [3.05, 3.63) is 35.9 Å². The summed E-state index contributed by atoms with van der Waals surface area (Å²) in [7, 11) is 0. The molecule has 20 heavy (non-hydrogen) atoms. The first-order chi connectivity index (χ1) is 9.58. The summed E-state index contributed by atoms with van der Waals surface area (Å²) in [6, 6.07) is 10.5. The van der Waals surface area contributed by atoms with Gasteiger partial charge in [-0.1, -0.05) is 37.3 Å². The van der Waals surface area contributed by atoms with Gasteiger partial charge in [0.1, 0.15) is 0 Å². The highest BCUT2D eigenvalue weighted by atomic mass is 32.2. The van der Waals surface area contributed by atoms with Crippen LogP contribution in [0.1, 0.15) is 19.4 Å². The number of thioether (sulfide) groups is 1. The molecule has 0 radical (unpaired) electrons. The SMILES string of the molecule is CC1SCCN(CC(O)C(N)Cc2ccccc2)C1C. The summed E-state index contributed by atoms with van der Waals surface area (Å²) in [6.07, 6.45) is 0.266. The molecule has 2 rings (SSSR count). The summed E-state index contributed by atoms with van der Waals surface area (Å²) in [6.45, 7) is 6.23. The topological polar surface area (TPSA) is 49.5 Å². The third-order valence-corrected chi connectivity index (χ3v) is 5.58. The molecule has 1 saturated heterocycles. The lowest BCUT2D eigenvalue weighted by molar-refractivity contribution is 0.0747. The summed E-state index contributed by atoms with van der Waals surface area (Å²) in [5, 5.41) is 11.0. The highest BCUT2D eigenvalue weighted by Gasteiger charge is 2.28. The maximum atomic E-state index is 10.4. The zero-order valence-corrected chi connectivity index (χ0v) is 13.2. The average molecular weight is 294 g/mol. The lowest BCUT2D eigenvalue weighted by Gasteiger charge is -2.39. The molecule has 0 amide bonds. The lowest BCUT2D eigenvalue weighted by atomic mass is 10.0. The maximum Gasteiger partial charge on any atom is 0.0821 e. The fraction of sp³-hybridized carbons (Fsp3) is 0.625. The molecule has 1 fully saturated rings. The van der Waals surface area contributed by atoms with Crippen molar-refractivity contribution >= 4 is 11.8 Å². The Morgan fingerprint density at radius 2 is 2.05 bits per heavy atom. The van der Waals surface area contributed by atoms with Crippen LogP contribution < -0.4 is 5.73 Å². The highest BCUT2D eigenvalue weighted by molar-refractivity contribution is 8.00. The Labute approximate surface area is 126 Å². The van der Waals surface area contributed by atoms with E-state index < -0.39 is 6.10 Å². The van der Waals surface area contributed by atoms with Crippen LogP contribution in [0.2, 0.25) is 0 Å². The number of aliphatic hydroxyl groups is 1. The van der Waals surface area contributed by atoms with Crippen LogP contribution in [0.15, 0.2) is 30.3 Å². The molecule has 0 saturated carbocycles. The number of hydrogen-bond acceptors (Lipinski definition) is 4. The van der Waals surface area contributed by atoms with E-state index in [2.05, 4.69) is 30.9 Å². The van der Waals surface area contributed by atoms with Gasteiger partial charge < -0.3 is 10.8 Å². The standard InChI is InChI=1S/C16H26N2OS/c1-12-13(2)20-9-8-18(12)11-16(19)15(17)10-14-6-4-3-5-7-14/h3-7,12-13,15-16,19H,8-11,17H2,1-2H3. The Bertz CT molecular complexity index is 401. The molecule has 1 heterocycles. The number of aliphatic hydroxyl groups excluding tert-OH is 1. The second kappa shape index (κ2) is 7.46. The third-order valence-electron chi connectivity index (χ3n) is 4.24. The van der Waals surface area contributed by atoms with E-state index in [1.165, 1.54) is 5.56 Å². The van der Waals surface area contributed by atoms with Crippen molar-refractivity contribution in [3.8, 4) is 0 Å². The Morgan fingerprint density at radius 1 is 1.35 bits per heavy atom. The molecule has 4 heteroatoms. The van der Waals surface area contributed by atoms with Crippen LogP contribution in [-0.4, -0.2) is 52.3 Å². The number of benzene rings is 1. The smallest absolute Gasteiger partial charge is 0.0821 e. The summed E-state index contributed by atoms with van der Waals surface area (Å²) >= 11 is 2.01. The van der Waals surface area contributed by atoms with E-state index in [-0.39, 0.29) is 6.04 Å². The minimum atomic E-state index is -0.465. The van der Waals surface area contributed by atoms with Gasteiger partial charge in [0, 0.05) is 36.2 Å². The average Bonchev–Trinajstić information content (AvgIpc) is 2.45. The maximum absolute atomic E-state index is 10.4. The molecular weight excluding hydrogens is 268 g/mol. The first kappa shape index (κ1) is 15.8. The first-order valence-corrected chi connectivity index (χ1v) is 8.46. The summed E-state index contributed by atoms with van der Waals surface area (Å²) in [5.74, 6) is 1.14. The summed E-state index contributed by atoms with van der Waals surface area (Å²) in [5.41, 5.74) is 7.35. The van der Waals surface area contributed by atoms with Crippen molar-refractivity contribution < 1.29 is 5.11 Å². The molecule has 3 nitrogen and oxygen atoms in total. The van der Waals surface area contributed by atoms with Crippen molar-refractivity contribution in [2.45, 2.75) is 43.7 Å². The predicted molar refractivity (Wildman–Crippen MR) is 87.1 cm³/mol. The van der Waals surface area contributed by atoms with Gasteiger partial charge in [-0.3, -0.25) is 4.90 Å². The molecule has 1 aliphatic rings. The van der Waals surface area contributed by atoms with Crippen LogP contribution in [0.4, 0.5) is 0 Å².